The number of fused-ring (bicyclic) bond motifs is 3. The highest BCUT2D eigenvalue weighted by atomic mass is 32.2. The molecular formula is C24H30F2N4O3S. The molecule has 0 unspecified atom stereocenters. The minimum Gasteiger partial charge on any atom is -0.444 e. The lowest BCUT2D eigenvalue weighted by Gasteiger charge is -2.40. The van der Waals surface area contributed by atoms with E-state index in [1.165, 1.54) is 5.69 Å². The van der Waals surface area contributed by atoms with Crippen LogP contribution in [0, 0.1) is 11.6 Å². The van der Waals surface area contributed by atoms with Crippen molar-refractivity contribution in [1.29, 1.82) is 0 Å². The van der Waals surface area contributed by atoms with Gasteiger partial charge in [-0.05, 0) is 51.8 Å². The monoisotopic (exact) mass is 492 g/mol. The van der Waals surface area contributed by atoms with Crippen LogP contribution in [-0.4, -0.2) is 50.6 Å². The largest absolute Gasteiger partial charge is 0.444 e. The third-order valence-electron chi connectivity index (χ3n) is 6.43. The van der Waals surface area contributed by atoms with Crippen LogP contribution in [0.1, 0.15) is 56.7 Å². The third kappa shape index (κ3) is 4.81. The normalized spacial score (nSPS) is 25.0. The molecule has 5 rings (SSSR count). The molecule has 1 amide bonds. The molecule has 34 heavy (non-hydrogen) atoms. The number of halogens is 2. The molecule has 3 atom stereocenters. The van der Waals surface area contributed by atoms with Crippen LogP contribution < -0.4 is 5.32 Å². The molecule has 1 aromatic carbocycles. The van der Waals surface area contributed by atoms with Gasteiger partial charge in [-0.25, -0.2) is 18.6 Å². The van der Waals surface area contributed by atoms with Gasteiger partial charge in [-0.1, -0.05) is 11.8 Å². The molecule has 1 aromatic heterocycles. The molecule has 184 valence electrons. The summed E-state index contributed by atoms with van der Waals surface area (Å²) in [6, 6.07) is 2.72. The number of amides is 1. The van der Waals surface area contributed by atoms with Crippen LogP contribution in [0.4, 0.5) is 13.6 Å². The Hall–Kier alpha value is -2.17. The number of carbonyl (C=O) groups excluding carboxylic acids is 1. The zero-order valence-electron chi connectivity index (χ0n) is 19.6. The summed E-state index contributed by atoms with van der Waals surface area (Å²) in [7, 11) is 0. The maximum Gasteiger partial charge on any atom is 0.407 e. The predicted octanol–water partition coefficient (Wildman–Crippen LogP) is 4.40. The van der Waals surface area contributed by atoms with E-state index in [2.05, 4.69) is 14.8 Å². The number of alkyl carbamates (subject to hydrolysis) is 1. The number of hydrogen-bond acceptors (Lipinski definition) is 6. The van der Waals surface area contributed by atoms with Crippen LogP contribution in [0.15, 0.2) is 23.4 Å². The fourth-order valence-corrected chi connectivity index (χ4v) is 5.93. The molecule has 1 N–H and O–H groups in total. The summed E-state index contributed by atoms with van der Waals surface area (Å²) in [5, 5.41) is 3.96. The van der Waals surface area contributed by atoms with Gasteiger partial charge in [-0.2, -0.15) is 0 Å². The molecule has 3 aliphatic rings. The Kier molecular flexibility index (Phi) is 6.32. The second-order valence-corrected chi connectivity index (χ2v) is 11.2. The van der Waals surface area contributed by atoms with E-state index in [0.29, 0.717) is 19.6 Å². The van der Waals surface area contributed by atoms with Crippen molar-refractivity contribution >= 4 is 17.9 Å². The van der Waals surface area contributed by atoms with Gasteiger partial charge in [0.1, 0.15) is 23.3 Å². The maximum absolute atomic E-state index is 14.6. The predicted molar refractivity (Wildman–Crippen MR) is 123 cm³/mol. The molecule has 2 aromatic rings. The van der Waals surface area contributed by atoms with Crippen LogP contribution in [0.2, 0.25) is 0 Å². The lowest BCUT2D eigenvalue weighted by molar-refractivity contribution is -0.0631. The first-order chi connectivity index (χ1) is 16.2. The molecule has 0 bridgehead atoms. The van der Waals surface area contributed by atoms with E-state index in [-0.39, 0.29) is 11.6 Å². The number of nitrogens with zero attached hydrogens (tertiary/aromatic N) is 3. The summed E-state index contributed by atoms with van der Waals surface area (Å²) >= 11 is 1.80. The zero-order valence-corrected chi connectivity index (χ0v) is 20.5. The van der Waals surface area contributed by atoms with Crippen LogP contribution in [0.25, 0.3) is 0 Å². The van der Waals surface area contributed by atoms with Gasteiger partial charge in [0.25, 0.3) is 0 Å². The Morgan fingerprint density at radius 2 is 2.12 bits per heavy atom. The van der Waals surface area contributed by atoms with E-state index in [1.54, 1.807) is 32.5 Å². The zero-order chi connectivity index (χ0) is 24.0. The SMILES string of the molecule is CC(C)(C)OC(=O)N[C@H]1C[C@@H](N2Cc3nc4n(c3C2)CCCS4)CO[C@@H]1c1cc(F)ccc1F. The van der Waals surface area contributed by atoms with Gasteiger partial charge in [-0.3, -0.25) is 4.90 Å². The average molecular weight is 493 g/mol. The van der Waals surface area contributed by atoms with Crippen LogP contribution >= 0.6 is 11.8 Å². The van der Waals surface area contributed by atoms with Gasteiger partial charge >= 0.3 is 6.09 Å². The van der Waals surface area contributed by atoms with Crippen molar-refractivity contribution < 1.29 is 23.0 Å². The van der Waals surface area contributed by atoms with Gasteiger partial charge in [0.05, 0.1) is 24.0 Å². The summed E-state index contributed by atoms with van der Waals surface area (Å²) in [6.07, 6.45) is 0.233. The fraction of sp³-hybridized carbons (Fsp3) is 0.583. The first-order valence-corrected chi connectivity index (χ1v) is 12.7. The smallest absolute Gasteiger partial charge is 0.407 e. The Labute approximate surface area is 202 Å². The molecule has 7 nitrogen and oxygen atoms in total. The van der Waals surface area contributed by atoms with Crippen molar-refractivity contribution in [3.63, 3.8) is 0 Å². The summed E-state index contributed by atoms with van der Waals surface area (Å²) < 4.78 is 42.4. The molecule has 0 radical (unpaired) electrons. The topological polar surface area (TPSA) is 68.6 Å². The molecule has 3 aliphatic heterocycles. The van der Waals surface area contributed by atoms with Crippen LogP contribution in [0.3, 0.4) is 0 Å². The van der Waals surface area contributed by atoms with E-state index >= 15 is 0 Å². The van der Waals surface area contributed by atoms with Gasteiger partial charge in [0, 0.05) is 37.0 Å². The number of benzene rings is 1. The Morgan fingerprint density at radius 3 is 2.91 bits per heavy atom. The van der Waals surface area contributed by atoms with Crippen molar-refractivity contribution in [3.8, 4) is 0 Å². The minimum atomic E-state index is -0.815. The van der Waals surface area contributed by atoms with Crippen molar-refractivity contribution in [2.45, 2.75) is 82.2 Å². The number of imidazole rings is 1. The van der Waals surface area contributed by atoms with Crippen LogP contribution in [0.5, 0.6) is 0 Å². The van der Waals surface area contributed by atoms with E-state index in [0.717, 1.165) is 54.3 Å². The lowest BCUT2D eigenvalue weighted by atomic mass is 9.92. The highest BCUT2D eigenvalue weighted by molar-refractivity contribution is 7.99. The number of carbonyl (C=O) groups is 1. The van der Waals surface area contributed by atoms with E-state index < -0.39 is 35.5 Å². The fourth-order valence-electron chi connectivity index (χ4n) is 4.94. The number of nitrogens with one attached hydrogen (secondary N) is 1. The molecule has 10 heteroatoms. The van der Waals surface area contributed by atoms with Crippen molar-refractivity contribution in [2.75, 3.05) is 12.4 Å². The molecule has 4 heterocycles. The van der Waals surface area contributed by atoms with E-state index in [1.807, 2.05) is 0 Å². The highest BCUT2D eigenvalue weighted by Crippen LogP contribution is 2.37. The van der Waals surface area contributed by atoms with Gasteiger partial charge in [0.15, 0.2) is 5.16 Å². The molecule has 1 fully saturated rings. The Bertz CT molecular complexity index is 1090. The number of rotatable bonds is 3. The second kappa shape index (κ2) is 9.13. The number of aromatic nitrogens is 2. The van der Waals surface area contributed by atoms with Crippen molar-refractivity contribution in [2.24, 2.45) is 0 Å². The third-order valence-corrected chi connectivity index (χ3v) is 7.49. The van der Waals surface area contributed by atoms with Gasteiger partial charge in [-0.15, -0.1) is 0 Å². The van der Waals surface area contributed by atoms with Gasteiger partial charge < -0.3 is 19.4 Å². The van der Waals surface area contributed by atoms with Crippen molar-refractivity contribution in [1.82, 2.24) is 19.8 Å². The van der Waals surface area contributed by atoms with E-state index in [4.69, 9.17) is 14.5 Å². The lowest BCUT2D eigenvalue weighted by Crippen LogP contribution is -2.52. The standard InChI is InChI=1S/C24H30F2N4O3S/c1-24(2,3)33-23(31)28-18-10-15(13-32-21(18)16-9-14(25)5-6-17(16)26)29-11-19-20(12-29)30-7-4-8-34-22(30)27-19/h5-6,9,15,18,21H,4,7-8,10-13H2,1-3H3,(H,28,31)/t15-,18+,21-/m1/s1. The Morgan fingerprint density at radius 1 is 1.29 bits per heavy atom. The summed E-state index contributed by atoms with van der Waals surface area (Å²) in [5.41, 5.74) is 1.76. The van der Waals surface area contributed by atoms with Crippen LogP contribution in [-0.2, 0) is 29.1 Å². The second-order valence-electron chi connectivity index (χ2n) is 10.1. The molecule has 0 spiro atoms. The highest BCUT2D eigenvalue weighted by Gasteiger charge is 2.40. The number of ether oxygens (including phenoxy) is 2. The minimum absolute atomic E-state index is 0.00509. The average Bonchev–Trinajstić information content (AvgIpc) is 3.32. The first-order valence-electron chi connectivity index (χ1n) is 11.7. The van der Waals surface area contributed by atoms with E-state index in [9.17, 15) is 13.6 Å². The first kappa shape index (κ1) is 23.6. The van der Waals surface area contributed by atoms with Gasteiger partial charge in [0.2, 0.25) is 0 Å². The number of hydrogen-bond donors (Lipinski definition) is 1. The summed E-state index contributed by atoms with van der Waals surface area (Å²) in [4.78, 5) is 19.7. The quantitative estimate of drug-likeness (QED) is 0.685. The number of thioether (sulfide) groups is 1. The summed E-state index contributed by atoms with van der Waals surface area (Å²) in [5.74, 6) is -0.00921. The molecule has 0 saturated carbocycles. The molecule has 0 aliphatic carbocycles. The maximum atomic E-state index is 14.6. The summed E-state index contributed by atoms with van der Waals surface area (Å²) in [6.45, 7) is 8.14. The Balaban J connectivity index is 1.35. The molecular weight excluding hydrogens is 462 g/mol. The molecule has 1 saturated heterocycles. The van der Waals surface area contributed by atoms with Crippen molar-refractivity contribution in [3.05, 3.63) is 46.8 Å².